The van der Waals surface area contributed by atoms with Crippen LogP contribution in [0, 0.1) is 0 Å². The molecule has 0 saturated heterocycles. The molecule has 0 amide bonds. The lowest BCUT2D eigenvalue weighted by molar-refractivity contribution is 0.0743. The zero-order chi connectivity index (χ0) is 23.9. The summed E-state index contributed by atoms with van der Waals surface area (Å²) in [5.41, 5.74) is 1.38. The van der Waals surface area contributed by atoms with Crippen LogP contribution in [-0.2, 0) is 17.0 Å². The van der Waals surface area contributed by atoms with Crippen LogP contribution in [0.4, 0.5) is 0 Å². The van der Waals surface area contributed by atoms with Crippen LogP contribution in [0.3, 0.4) is 0 Å². The Hall–Kier alpha value is -3.17. The third-order valence-corrected chi connectivity index (χ3v) is 5.99. The van der Waals surface area contributed by atoms with Gasteiger partial charge < -0.3 is 14.0 Å². The molecule has 0 unspecified atom stereocenters. The predicted octanol–water partition coefficient (Wildman–Crippen LogP) is 4.95. The highest BCUT2D eigenvalue weighted by atomic mass is 32.2. The normalized spacial score (nSPS) is 11.4. The van der Waals surface area contributed by atoms with E-state index in [-0.39, 0.29) is 11.7 Å². The fourth-order valence-corrected chi connectivity index (χ4v) is 4.34. The van der Waals surface area contributed by atoms with Gasteiger partial charge in [-0.05, 0) is 51.5 Å². The maximum atomic E-state index is 13.2. The average molecular weight is 481 g/mol. The molecule has 4 rings (SSSR count). The molecular formula is C25H28N4O4S. The third-order valence-electron chi connectivity index (χ3n) is 5.02. The second kappa shape index (κ2) is 11.3. The van der Waals surface area contributed by atoms with Crippen LogP contribution in [-0.4, -0.2) is 39.0 Å². The summed E-state index contributed by atoms with van der Waals surface area (Å²) in [5.74, 6) is 2.01. The first kappa shape index (κ1) is 24.0. The van der Waals surface area contributed by atoms with Crippen LogP contribution in [0.15, 0.2) is 63.0 Å². The molecule has 2 heterocycles. The van der Waals surface area contributed by atoms with Gasteiger partial charge >= 0.3 is 0 Å². The number of benzene rings is 2. The lowest BCUT2D eigenvalue weighted by Gasteiger charge is -2.13. The van der Waals surface area contributed by atoms with Gasteiger partial charge in [0.25, 0.3) is 5.56 Å². The number of hydrogen-bond donors (Lipinski definition) is 0. The lowest BCUT2D eigenvalue weighted by atomic mass is 10.2. The van der Waals surface area contributed by atoms with Gasteiger partial charge in [-0.3, -0.25) is 9.36 Å². The highest BCUT2D eigenvalue weighted by Gasteiger charge is 2.16. The van der Waals surface area contributed by atoms with Crippen LogP contribution in [0.2, 0.25) is 0 Å². The lowest BCUT2D eigenvalue weighted by Crippen LogP contribution is -2.24. The second-order valence-electron chi connectivity index (χ2n) is 7.87. The summed E-state index contributed by atoms with van der Waals surface area (Å²) in [6, 6.07) is 15.0. The number of ether oxygens (including phenoxy) is 2. The van der Waals surface area contributed by atoms with E-state index in [1.807, 2.05) is 63.2 Å². The van der Waals surface area contributed by atoms with Crippen LogP contribution >= 0.6 is 11.8 Å². The van der Waals surface area contributed by atoms with Crippen LogP contribution < -0.4 is 10.3 Å². The standard InChI is InChI=1S/C25H28N4O4S/c1-4-31-21-13-8-6-11-19(21)23-27-22(33-28-23)16-34-25-26-20-12-7-5-10-18(20)24(30)29(25)14-9-15-32-17(2)3/h5-8,10-13,17H,4,9,14-16H2,1-3H3. The number of hydrogen-bond acceptors (Lipinski definition) is 8. The van der Waals surface area contributed by atoms with Crippen molar-refractivity contribution in [3.63, 3.8) is 0 Å². The van der Waals surface area contributed by atoms with E-state index >= 15 is 0 Å². The van der Waals surface area contributed by atoms with Crippen molar-refractivity contribution in [2.24, 2.45) is 0 Å². The maximum absolute atomic E-state index is 13.2. The Morgan fingerprint density at radius 2 is 1.88 bits per heavy atom. The van der Waals surface area contributed by atoms with Crippen molar-refractivity contribution in [3.8, 4) is 17.1 Å². The van der Waals surface area contributed by atoms with Crippen LogP contribution in [0.25, 0.3) is 22.3 Å². The fraction of sp³-hybridized carbons (Fsp3) is 0.360. The molecule has 34 heavy (non-hydrogen) atoms. The average Bonchev–Trinajstić information content (AvgIpc) is 3.31. The summed E-state index contributed by atoms with van der Waals surface area (Å²) >= 11 is 1.40. The van der Waals surface area contributed by atoms with Gasteiger partial charge in [0.2, 0.25) is 11.7 Å². The third kappa shape index (κ3) is 5.66. The number of nitrogens with zero attached hydrogens (tertiary/aromatic N) is 4. The zero-order valence-electron chi connectivity index (χ0n) is 19.6. The van der Waals surface area contributed by atoms with Crippen molar-refractivity contribution in [3.05, 3.63) is 64.8 Å². The molecule has 9 heteroatoms. The Kier molecular flexibility index (Phi) is 7.97. The topological polar surface area (TPSA) is 92.3 Å². The number of rotatable bonds is 11. The molecular weight excluding hydrogens is 452 g/mol. The molecule has 0 aliphatic carbocycles. The van der Waals surface area contributed by atoms with Gasteiger partial charge in [-0.2, -0.15) is 4.98 Å². The predicted molar refractivity (Wildman–Crippen MR) is 132 cm³/mol. The minimum absolute atomic E-state index is 0.0606. The number of thioether (sulfide) groups is 1. The highest BCUT2D eigenvalue weighted by Crippen LogP contribution is 2.29. The summed E-state index contributed by atoms with van der Waals surface area (Å²) in [6.45, 7) is 7.56. The number of para-hydroxylation sites is 2. The quantitative estimate of drug-likeness (QED) is 0.169. The van der Waals surface area contributed by atoms with Gasteiger partial charge in [-0.1, -0.05) is 41.2 Å². The van der Waals surface area contributed by atoms with Gasteiger partial charge in [0.15, 0.2) is 5.16 Å². The van der Waals surface area contributed by atoms with Crippen molar-refractivity contribution in [2.75, 3.05) is 13.2 Å². The molecule has 0 saturated carbocycles. The summed E-state index contributed by atoms with van der Waals surface area (Å²) in [6.07, 6.45) is 0.866. The van der Waals surface area contributed by atoms with Crippen LogP contribution in [0.5, 0.6) is 5.75 Å². The van der Waals surface area contributed by atoms with E-state index in [2.05, 4.69) is 10.1 Å². The summed E-state index contributed by atoms with van der Waals surface area (Å²) < 4.78 is 18.5. The first-order valence-corrected chi connectivity index (χ1v) is 12.3. The van der Waals surface area contributed by atoms with E-state index in [9.17, 15) is 4.79 Å². The molecule has 0 fully saturated rings. The molecule has 0 aliphatic heterocycles. The molecule has 2 aromatic heterocycles. The molecule has 0 bridgehead atoms. The molecule has 2 aromatic carbocycles. The van der Waals surface area contributed by atoms with E-state index in [1.54, 1.807) is 10.6 Å². The van der Waals surface area contributed by atoms with Gasteiger partial charge in [0, 0.05) is 13.2 Å². The Labute approximate surface area is 202 Å². The van der Waals surface area contributed by atoms with Gasteiger partial charge in [-0.25, -0.2) is 4.98 Å². The zero-order valence-corrected chi connectivity index (χ0v) is 20.4. The van der Waals surface area contributed by atoms with E-state index in [1.165, 1.54) is 11.8 Å². The Morgan fingerprint density at radius 1 is 1.09 bits per heavy atom. The smallest absolute Gasteiger partial charge is 0.262 e. The first-order chi connectivity index (χ1) is 16.6. The van der Waals surface area contributed by atoms with Gasteiger partial charge in [0.1, 0.15) is 5.75 Å². The van der Waals surface area contributed by atoms with Gasteiger partial charge in [-0.15, -0.1) is 0 Å². The van der Waals surface area contributed by atoms with Crippen molar-refractivity contribution in [1.82, 2.24) is 19.7 Å². The molecule has 0 spiro atoms. The Balaban J connectivity index is 1.55. The SMILES string of the molecule is CCOc1ccccc1-c1noc(CSc2nc3ccccc3c(=O)n2CCCOC(C)C)n1. The minimum atomic E-state index is -0.0606. The molecule has 0 aliphatic rings. The van der Waals surface area contributed by atoms with Crippen LogP contribution in [0.1, 0.15) is 33.1 Å². The van der Waals surface area contributed by atoms with Crippen molar-refractivity contribution in [2.45, 2.75) is 50.8 Å². The summed E-state index contributed by atoms with van der Waals surface area (Å²) in [7, 11) is 0. The molecule has 4 aromatic rings. The van der Waals surface area contributed by atoms with E-state index in [0.29, 0.717) is 65.5 Å². The molecule has 178 valence electrons. The van der Waals surface area contributed by atoms with E-state index in [0.717, 1.165) is 5.56 Å². The Bertz CT molecular complexity index is 1300. The number of fused-ring (bicyclic) bond motifs is 1. The molecule has 0 N–H and O–H groups in total. The molecule has 0 atom stereocenters. The first-order valence-electron chi connectivity index (χ1n) is 11.4. The largest absolute Gasteiger partial charge is 0.493 e. The maximum Gasteiger partial charge on any atom is 0.262 e. The van der Waals surface area contributed by atoms with Crippen molar-refractivity contribution in [1.29, 1.82) is 0 Å². The summed E-state index contributed by atoms with van der Waals surface area (Å²) in [5, 5.41) is 5.34. The Morgan fingerprint density at radius 3 is 2.71 bits per heavy atom. The minimum Gasteiger partial charge on any atom is -0.493 e. The van der Waals surface area contributed by atoms with Crippen molar-refractivity contribution < 1.29 is 14.0 Å². The highest BCUT2D eigenvalue weighted by molar-refractivity contribution is 7.98. The van der Waals surface area contributed by atoms with E-state index < -0.39 is 0 Å². The molecule has 8 nitrogen and oxygen atoms in total. The molecule has 0 radical (unpaired) electrons. The second-order valence-corrected chi connectivity index (χ2v) is 8.81. The fourth-order valence-electron chi connectivity index (χ4n) is 3.48. The van der Waals surface area contributed by atoms with Crippen molar-refractivity contribution >= 4 is 22.7 Å². The summed E-state index contributed by atoms with van der Waals surface area (Å²) in [4.78, 5) is 22.5. The monoisotopic (exact) mass is 480 g/mol. The van der Waals surface area contributed by atoms with Gasteiger partial charge in [0.05, 0.1) is 34.9 Å². The van der Waals surface area contributed by atoms with E-state index in [4.69, 9.17) is 19.0 Å². The number of aromatic nitrogens is 4.